The Morgan fingerprint density at radius 1 is 0.771 bits per heavy atom. The number of amides is 5. The zero-order chi connectivity index (χ0) is 35.9. The molecule has 0 radical (unpaired) electrons. The summed E-state index contributed by atoms with van der Waals surface area (Å²) in [5, 5.41) is 31.6. The molecule has 2 aromatic carbocycles. The maximum atomic E-state index is 13.2. The summed E-state index contributed by atoms with van der Waals surface area (Å²) in [4.78, 5) is 76.2. The first kappa shape index (κ1) is 39.4. The van der Waals surface area contributed by atoms with Gasteiger partial charge in [-0.2, -0.15) is 11.8 Å². The van der Waals surface area contributed by atoms with Gasteiger partial charge in [-0.1, -0.05) is 42.5 Å². The van der Waals surface area contributed by atoms with Crippen LogP contribution in [0.3, 0.4) is 0 Å². The first-order valence-corrected chi connectivity index (χ1v) is 16.7. The fourth-order valence-electron chi connectivity index (χ4n) is 4.30. The van der Waals surface area contributed by atoms with E-state index >= 15 is 0 Å². The number of carbonyl (C=O) groups excluding carboxylic acids is 5. The summed E-state index contributed by atoms with van der Waals surface area (Å²) in [6.45, 7) is 5.85. The summed E-state index contributed by atoms with van der Waals surface area (Å²) < 4.78 is 5.28. The maximum absolute atomic E-state index is 13.2. The van der Waals surface area contributed by atoms with Gasteiger partial charge in [-0.25, -0.2) is 9.59 Å². The first-order chi connectivity index (χ1) is 22.6. The standard InChI is InChI=1S/C33H45N5O9S/c1-20(35-29(42)26(38-32(46)47-33(2,3)4)18-22-11-13-23(39)14-12-22)28(41)34-19-27(40)36-25(17-21-9-7-6-8-10-21)30(43)37-24(31(44)45)15-16-48-5/h6-14,20,24-26,39H,15-19H2,1-5H3,(H,34,41)(H,35,42)(H,36,40)(H,37,43)(H,38,46)(H,44,45)/t20-,24+,25+,26+/m1/s1. The van der Waals surface area contributed by atoms with Gasteiger partial charge in [0.2, 0.25) is 23.6 Å². The van der Waals surface area contributed by atoms with Crippen LogP contribution in [0, 0.1) is 0 Å². The van der Waals surface area contributed by atoms with E-state index in [1.807, 2.05) is 6.26 Å². The minimum absolute atomic E-state index is 0.0208. The second-order valence-corrected chi connectivity index (χ2v) is 13.0. The van der Waals surface area contributed by atoms with E-state index in [0.717, 1.165) is 5.56 Å². The average Bonchev–Trinajstić information content (AvgIpc) is 3.01. The third kappa shape index (κ3) is 14.8. The van der Waals surface area contributed by atoms with Gasteiger partial charge < -0.3 is 41.5 Å². The Morgan fingerprint density at radius 3 is 1.90 bits per heavy atom. The second-order valence-electron chi connectivity index (χ2n) is 12.0. The first-order valence-electron chi connectivity index (χ1n) is 15.3. The molecule has 0 aliphatic rings. The van der Waals surface area contributed by atoms with Gasteiger partial charge in [0.05, 0.1) is 6.54 Å². The topological polar surface area (TPSA) is 212 Å². The van der Waals surface area contributed by atoms with E-state index in [1.165, 1.54) is 30.8 Å². The number of benzene rings is 2. The number of ether oxygens (including phenoxy) is 1. The minimum atomic E-state index is -1.20. The van der Waals surface area contributed by atoms with Crippen molar-refractivity contribution in [1.29, 1.82) is 0 Å². The van der Waals surface area contributed by atoms with E-state index in [9.17, 15) is 39.0 Å². The van der Waals surface area contributed by atoms with E-state index in [-0.39, 0.29) is 25.0 Å². The van der Waals surface area contributed by atoms with Gasteiger partial charge in [0.1, 0.15) is 35.5 Å². The summed E-state index contributed by atoms with van der Waals surface area (Å²) in [6, 6.07) is 10.3. The van der Waals surface area contributed by atoms with Gasteiger partial charge in [0.25, 0.3) is 0 Å². The van der Waals surface area contributed by atoms with Crippen molar-refractivity contribution in [2.24, 2.45) is 0 Å². The smallest absolute Gasteiger partial charge is 0.408 e. The third-order valence-corrected chi connectivity index (χ3v) is 7.36. The van der Waals surface area contributed by atoms with Crippen LogP contribution in [-0.2, 0) is 41.6 Å². The Morgan fingerprint density at radius 2 is 1.33 bits per heavy atom. The number of rotatable bonds is 17. The van der Waals surface area contributed by atoms with Crippen molar-refractivity contribution in [2.45, 2.75) is 76.7 Å². The van der Waals surface area contributed by atoms with Gasteiger partial charge in [-0.3, -0.25) is 19.2 Å². The molecular weight excluding hydrogens is 642 g/mol. The van der Waals surface area contributed by atoms with E-state index in [4.69, 9.17) is 4.74 Å². The summed E-state index contributed by atoms with van der Waals surface area (Å²) in [5.41, 5.74) is 0.506. The van der Waals surface area contributed by atoms with Crippen LogP contribution >= 0.6 is 11.8 Å². The number of alkyl carbamates (subject to hydrolysis) is 1. The number of aliphatic carboxylic acids is 1. The molecule has 0 fully saturated rings. The van der Waals surface area contributed by atoms with Crippen LogP contribution in [0.1, 0.15) is 45.2 Å². The Hall–Kier alpha value is -4.79. The molecule has 0 aromatic heterocycles. The normalized spacial score (nSPS) is 13.5. The number of phenolic OH excluding ortho intramolecular Hbond substituents is 1. The molecule has 14 nitrogen and oxygen atoms in total. The van der Waals surface area contributed by atoms with Crippen molar-refractivity contribution in [3.8, 4) is 5.75 Å². The molecule has 2 rings (SSSR count). The zero-order valence-electron chi connectivity index (χ0n) is 27.7. The van der Waals surface area contributed by atoms with Crippen molar-refractivity contribution in [3.05, 3.63) is 65.7 Å². The highest BCUT2D eigenvalue weighted by atomic mass is 32.2. The molecule has 0 bridgehead atoms. The second kappa shape index (κ2) is 19.1. The van der Waals surface area contributed by atoms with E-state index in [0.29, 0.717) is 11.3 Å². The van der Waals surface area contributed by atoms with Crippen molar-refractivity contribution >= 4 is 47.5 Å². The quantitative estimate of drug-likeness (QED) is 0.127. The summed E-state index contributed by atoms with van der Waals surface area (Å²) in [6.07, 6.45) is 1.25. The van der Waals surface area contributed by atoms with Crippen LogP contribution in [0.5, 0.6) is 5.75 Å². The van der Waals surface area contributed by atoms with E-state index in [1.54, 1.807) is 63.2 Å². The molecule has 0 heterocycles. The van der Waals surface area contributed by atoms with Crippen molar-refractivity contribution < 1.29 is 43.7 Å². The molecule has 0 aliphatic heterocycles. The predicted octanol–water partition coefficient (Wildman–Crippen LogP) is 1.50. The number of thioether (sulfide) groups is 1. The number of aromatic hydroxyl groups is 1. The summed E-state index contributed by atoms with van der Waals surface area (Å²) in [5.74, 6) is -3.49. The monoisotopic (exact) mass is 687 g/mol. The number of nitrogens with one attached hydrogen (secondary N) is 5. The number of carbonyl (C=O) groups is 6. The average molecular weight is 688 g/mol. The minimum Gasteiger partial charge on any atom is -0.508 e. The lowest BCUT2D eigenvalue weighted by molar-refractivity contribution is -0.142. The Bertz CT molecular complexity index is 1400. The number of carboxylic acid groups (broad SMARTS) is 1. The molecule has 5 amide bonds. The van der Waals surface area contributed by atoms with Gasteiger partial charge in [0.15, 0.2) is 0 Å². The molecule has 48 heavy (non-hydrogen) atoms. The van der Waals surface area contributed by atoms with Crippen LogP contribution in [0.4, 0.5) is 4.79 Å². The zero-order valence-corrected chi connectivity index (χ0v) is 28.5. The number of phenols is 1. The molecule has 15 heteroatoms. The van der Waals surface area contributed by atoms with Gasteiger partial charge in [-0.05, 0) is 69.4 Å². The van der Waals surface area contributed by atoms with Crippen LogP contribution in [-0.4, -0.2) is 94.2 Å². The van der Waals surface area contributed by atoms with Gasteiger partial charge >= 0.3 is 12.1 Å². The third-order valence-electron chi connectivity index (χ3n) is 6.72. The molecule has 0 spiro atoms. The van der Waals surface area contributed by atoms with Crippen LogP contribution in [0.25, 0.3) is 0 Å². The van der Waals surface area contributed by atoms with E-state index in [2.05, 4.69) is 26.6 Å². The van der Waals surface area contributed by atoms with Crippen molar-refractivity contribution in [2.75, 3.05) is 18.6 Å². The molecular formula is C33H45N5O9S. The largest absolute Gasteiger partial charge is 0.508 e. The molecule has 262 valence electrons. The highest BCUT2D eigenvalue weighted by Gasteiger charge is 2.29. The van der Waals surface area contributed by atoms with Crippen molar-refractivity contribution in [3.63, 3.8) is 0 Å². The Labute approximate surface area is 284 Å². The molecule has 0 unspecified atom stereocenters. The van der Waals surface area contributed by atoms with Crippen molar-refractivity contribution in [1.82, 2.24) is 26.6 Å². The molecule has 0 aliphatic carbocycles. The fraction of sp³-hybridized carbons (Fsp3) is 0.455. The Balaban J connectivity index is 2.05. The number of hydrogen-bond acceptors (Lipinski definition) is 9. The lowest BCUT2D eigenvalue weighted by Crippen LogP contribution is -2.56. The Kier molecular flexibility index (Phi) is 15.7. The SMILES string of the molecule is CSCC[C@H](NC(=O)[C@H](Cc1ccccc1)NC(=O)CNC(=O)[C@@H](C)NC(=O)[C@H](Cc1ccc(O)cc1)NC(=O)OC(C)(C)C)C(=O)O. The lowest BCUT2D eigenvalue weighted by atomic mass is 10.0. The van der Waals surface area contributed by atoms with Crippen LogP contribution < -0.4 is 26.6 Å². The summed E-state index contributed by atoms with van der Waals surface area (Å²) >= 11 is 1.43. The van der Waals surface area contributed by atoms with E-state index < -0.39 is 72.0 Å². The molecule has 4 atom stereocenters. The van der Waals surface area contributed by atoms with Gasteiger partial charge in [-0.15, -0.1) is 0 Å². The highest BCUT2D eigenvalue weighted by Crippen LogP contribution is 2.13. The fourth-order valence-corrected chi connectivity index (χ4v) is 4.77. The molecule has 2 aromatic rings. The maximum Gasteiger partial charge on any atom is 0.408 e. The molecule has 0 saturated heterocycles. The highest BCUT2D eigenvalue weighted by molar-refractivity contribution is 7.98. The number of carboxylic acids is 1. The summed E-state index contributed by atoms with van der Waals surface area (Å²) in [7, 11) is 0. The number of hydrogen-bond donors (Lipinski definition) is 7. The predicted molar refractivity (Wildman–Crippen MR) is 180 cm³/mol. The van der Waals surface area contributed by atoms with Gasteiger partial charge in [0, 0.05) is 12.8 Å². The lowest BCUT2D eigenvalue weighted by Gasteiger charge is -2.24. The molecule has 7 N–H and O–H groups in total. The van der Waals surface area contributed by atoms with Crippen LogP contribution in [0.15, 0.2) is 54.6 Å². The molecule has 0 saturated carbocycles. The van der Waals surface area contributed by atoms with Crippen LogP contribution in [0.2, 0.25) is 0 Å².